The number of carbonyl (C=O) groups excluding carboxylic acids is 2. The van der Waals surface area contributed by atoms with Gasteiger partial charge in [-0.05, 0) is 32.0 Å². The number of rotatable bonds is 6. The van der Waals surface area contributed by atoms with Gasteiger partial charge in [0.1, 0.15) is 5.01 Å². The van der Waals surface area contributed by atoms with E-state index < -0.39 is 5.91 Å². The number of nitrogens with zero attached hydrogens (tertiary/aromatic N) is 3. The number of thiazole rings is 1. The van der Waals surface area contributed by atoms with Crippen LogP contribution in [0.4, 0.5) is 0 Å². The number of amides is 2. The molecule has 0 saturated carbocycles. The molecule has 0 bridgehead atoms. The van der Waals surface area contributed by atoms with Gasteiger partial charge in [-0.3, -0.25) is 14.6 Å². The smallest absolute Gasteiger partial charge is 0.250 e. The van der Waals surface area contributed by atoms with Crippen LogP contribution in [0.1, 0.15) is 28.7 Å². The third-order valence-corrected chi connectivity index (χ3v) is 5.16. The molecule has 3 rings (SSSR count). The van der Waals surface area contributed by atoms with Crippen molar-refractivity contribution >= 4 is 23.2 Å². The molecule has 0 saturated heterocycles. The summed E-state index contributed by atoms with van der Waals surface area (Å²) in [6.07, 6.45) is 1.80. The maximum atomic E-state index is 11.8. The fourth-order valence-corrected chi connectivity index (χ4v) is 3.66. The first-order valence-electron chi connectivity index (χ1n) is 8.50. The van der Waals surface area contributed by atoms with E-state index in [1.165, 1.54) is 18.3 Å². The van der Waals surface area contributed by atoms with Crippen molar-refractivity contribution in [3.05, 3.63) is 46.7 Å². The van der Waals surface area contributed by atoms with Gasteiger partial charge < -0.3 is 15.6 Å². The summed E-state index contributed by atoms with van der Waals surface area (Å²) in [5.74, 6) is -0.579. The Morgan fingerprint density at radius 3 is 2.70 bits per heavy atom. The first-order valence-corrected chi connectivity index (χ1v) is 9.38. The highest BCUT2D eigenvalue weighted by atomic mass is 32.1. The summed E-state index contributed by atoms with van der Waals surface area (Å²) in [7, 11) is 0. The van der Waals surface area contributed by atoms with Gasteiger partial charge >= 0.3 is 0 Å². The molecule has 0 aromatic carbocycles. The van der Waals surface area contributed by atoms with Gasteiger partial charge in [0.05, 0.1) is 17.0 Å². The van der Waals surface area contributed by atoms with Gasteiger partial charge in [0.2, 0.25) is 5.91 Å². The predicted molar refractivity (Wildman–Crippen MR) is 105 cm³/mol. The van der Waals surface area contributed by atoms with E-state index in [0.717, 1.165) is 33.3 Å². The molecule has 0 fully saturated rings. The Bertz CT molecular complexity index is 988. The van der Waals surface area contributed by atoms with Gasteiger partial charge in [0.15, 0.2) is 0 Å². The fourth-order valence-electron chi connectivity index (χ4n) is 2.86. The first-order chi connectivity index (χ1) is 12.9. The lowest BCUT2D eigenvalue weighted by atomic mass is 10.2. The molecule has 3 heterocycles. The lowest BCUT2D eigenvalue weighted by molar-refractivity contribution is -0.118. The average Bonchev–Trinajstić information content (AvgIpc) is 3.21. The maximum Gasteiger partial charge on any atom is 0.250 e. The van der Waals surface area contributed by atoms with E-state index in [0.29, 0.717) is 18.7 Å². The van der Waals surface area contributed by atoms with Crippen molar-refractivity contribution < 1.29 is 9.59 Å². The van der Waals surface area contributed by atoms with Crippen molar-refractivity contribution in [2.75, 3.05) is 6.54 Å². The Kier molecular flexibility index (Phi) is 5.36. The Morgan fingerprint density at radius 1 is 1.30 bits per heavy atom. The number of nitrogens with two attached hydrogens (primary N) is 1. The van der Waals surface area contributed by atoms with Crippen molar-refractivity contribution in [1.29, 1.82) is 0 Å². The summed E-state index contributed by atoms with van der Waals surface area (Å²) in [5.41, 5.74) is 10.2. The van der Waals surface area contributed by atoms with E-state index in [1.807, 2.05) is 35.9 Å². The molecule has 3 N–H and O–H groups in total. The van der Waals surface area contributed by atoms with Crippen molar-refractivity contribution in [2.45, 2.75) is 27.3 Å². The number of aryl methyl sites for hydroxylation is 1. The molecule has 2 amide bonds. The van der Waals surface area contributed by atoms with Crippen LogP contribution in [-0.4, -0.2) is 32.9 Å². The monoisotopic (exact) mass is 383 g/mol. The number of pyridine rings is 1. The van der Waals surface area contributed by atoms with Crippen molar-refractivity contribution in [3.63, 3.8) is 0 Å². The molecular weight excluding hydrogens is 362 g/mol. The van der Waals surface area contributed by atoms with Crippen LogP contribution < -0.4 is 11.1 Å². The number of primary amides is 1. The number of hydrogen-bond acceptors (Lipinski definition) is 5. The van der Waals surface area contributed by atoms with Gasteiger partial charge in [-0.1, -0.05) is 0 Å². The molecule has 7 nitrogen and oxygen atoms in total. The molecule has 3 aromatic rings. The summed E-state index contributed by atoms with van der Waals surface area (Å²) < 4.78 is 1.96. The van der Waals surface area contributed by atoms with Crippen LogP contribution >= 0.6 is 11.3 Å². The zero-order chi connectivity index (χ0) is 19.6. The van der Waals surface area contributed by atoms with Crippen LogP contribution in [0.3, 0.4) is 0 Å². The van der Waals surface area contributed by atoms with E-state index in [-0.39, 0.29) is 5.91 Å². The molecule has 140 valence electrons. The topological polar surface area (TPSA) is 103 Å². The van der Waals surface area contributed by atoms with Crippen LogP contribution in [0, 0.1) is 13.8 Å². The molecular formula is C19H21N5O2S. The molecule has 27 heavy (non-hydrogen) atoms. The third kappa shape index (κ3) is 4.06. The third-order valence-electron chi connectivity index (χ3n) is 4.27. The molecule has 3 aromatic heterocycles. The second-order valence-electron chi connectivity index (χ2n) is 6.25. The second kappa shape index (κ2) is 7.71. The highest BCUT2D eigenvalue weighted by Gasteiger charge is 2.19. The minimum absolute atomic E-state index is 0.0979. The lowest BCUT2D eigenvalue weighted by Crippen LogP contribution is -2.25. The number of nitrogens with one attached hydrogen (secondary N) is 1. The fraction of sp³-hybridized carbons (Fsp3) is 0.263. The number of aromatic nitrogens is 3. The molecule has 8 heteroatoms. The van der Waals surface area contributed by atoms with E-state index in [1.54, 1.807) is 12.3 Å². The average molecular weight is 383 g/mol. The van der Waals surface area contributed by atoms with Gasteiger partial charge in [-0.2, -0.15) is 0 Å². The molecule has 0 radical (unpaired) electrons. The molecule has 0 aliphatic heterocycles. The van der Waals surface area contributed by atoms with E-state index in [4.69, 9.17) is 10.7 Å². The van der Waals surface area contributed by atoms with Crippen LogP contribution in [0.5, 0.6) is 0 Å². The van der Waals surface area contributed by atoms with E-state index in [9.17, 15) is 9.59 Å². The normalized spacial score (nSPS) is 10.8. The van der Waals surface area contributed by atoms with Crippen LogP contribution in [0.25, 0.3) is 22.0 Å². The summed E-state index contributed by atoms with van der Waals surface area (Å²) >= 11 is 1.51. The molecule has 0 aliphatic carbocycles. The minimum atomic E-state index is -0.481. The predicted octanol–water partition coefficient (Wildman–Crippen LogP) is 2.53. The van der Waals surface area contributed by atoms with Gasteiger partial charge in [0, 0.05) is 48.5 Å². The number of hydrogen-bond donors (Lipinski definition) is 2. The van der Waals surface area contributed by atoms with Crippen molar-refractivity contribution in [3.8, 4) is 22.0 Å². The van der Waals surface area contributed by atoms with Crippen molar-refractivity contribution in [2.24, 2.45) is 5.73 Å². The van der Waals surface area contributed by atoms with Gasteiger partial charge in [-0.15, -0.1) is 11.3 Å². The Labute approximate surface area is 161 Å². The van der Waals surface area contributed by atoms with Crippen molar-refractivity contribution in [1.82, 2.24) is 19.9 Å². The SMILES string of the molecule is CC(=O)NCCn1c(-c2csc(-c3ccc(C)nc3)n2)cc(C(N)=O)c1C. The Hall–Kier alpha value is -3.00. The minimum Gasteiger partial charge on any atom is -0.366 e. The van der Waals surface area contributed by atoms with Gasteiger partial charge in [0.25, 0.3) is 5.91 Å². The van der Waals surface area contributed by atoms with E-state index >= 15 is 0 Å². The second-order valence-corrected chi connectivity index (χ2v) is 7.11. The zero-order valence-electron chi connectivity index (χ0n) is 15.4. The van der Waals surface area contributed by atoms with E-state index in [2.05, 4.69) is 10.3 Å². The first kappa shape index (κ1) is 18.8. The molecule has 0 spiro atoms. The maximum absolute atomic E-state index is 11.8. The molecule has 0 unspecified atom stereocenters. The Morgan fingerprint density at radius 2 is 2.07 bits per heavy atom. The number of carbonyl (C=O) groups is 2. The standard InChI is InChI=1S/C19H21N5O2S/c1-11-4-5-14(9-22-11)19-23-16(10-27-19)17-8-15(18(20)26)12(2)24(17)7-6-21-13(3)25/h4-5,8-10H,6-7H2,1-3H3,(H2,20,26)(H,21,25). The summed E-state index contributed by atoms with van der Waals surface area (Å²) in [6, 6.07) is 5.69. The zero-order valence-corrected chi connectivity index (χ0v) is 16.3. The Balaban J connectivity index is 1.97. The summed E-state index contributed by atoms with van der Waals surface area (Å²) in [6.45, 7) is 6.23. The van der Waals surface area contributed by atoms with Crippen LogP contribution in [0.2, 0.25) is 0 Å². The quantitative estimate of drug-likeness (QED) is 0.683. The highest BCUT2D eigenvalue weighted by molar-refractivity contribution is 7.13. The van der Waals surface area contributed by atoms with Crippen LogP contribution in [-0.2, 0) is 11.3 Å². The largest absolute Gasteiger partial charge is 0.366 e. The van der Waals surface area contributed by atoms with Crippen LogP contribution in [0.15, 0.2) is 29.8 Å². The summed E-state index contributed by atoms with van der Waals surface area (Å²) in [4.78, 5) is 32.0. The lowest BCUT2D eigenvalue weighted by Gasteiger charge is -2.11. The van der Waals surface area contributed by atoms with Gasteiger partial charge in [-0.25, -0.2) is 4.98 Å². The highest BCUT2D eigenvalue weighted by Crippen LogP contribution is 2.31. The summed E-state index contributed by atoms with van der Waals surface area (Å²) in [5, 5.41) is 5.57. The molecule has 0 atom stereocenters. The molecule has 0 aliphatic rings.